The number of pyridine rings is 1. The minimum atomic E-state index is -0.262. The van der Waals surface area contributed by atoms with Crippen LogP contribution in [0.15, 0.2) is 23.3 Å². The Bertz CT molecular complexity index is 639. The number of rotatable bonds is 7. The molecule has 1 aliphatic heterocycles. The van der Waals surface area contributed by atoms with Crippen molar-refractivity contribution in [2.24, 2.45) is 10.4 Å². The Balaban J connectivity index is 0.00000280. The maximum Gasteiger partial charge on any atom is 0.191 e. The third kappa shape index (κ3) is 5.92. The lowest BCUT2D eigenvalue weighted by Crippen LogP contribution is -2.47. The highest BCUT2D eigenvalue weighted by Crippen LogP contribution is 2.40. The van der Waals surface area contributed by atoms with Crippen LogP contribution >= 0.6 is 24.0 Å². The van der Waals surface area contributed by atoms with Gasteiger partial charge in [-0.05, 0) is 43.2 Å². The van der Waals surface area contributed by atoms with Crippen LogP contribution in [0.3, 0.4) is 0 Å². The third-order valence-electron chi connectivity index (χ3n) is 5.92. The number of anilines is 1. The summed E-state index contributed by atoms with van der Waals surface area (Å²) in [6, 6.07) is 3.32. The van der Waals surface area contributed by atoms with E-state index in [-0.39, 0.29) is 35.8 Å². The van der Waals surface area contributed by atoms with Gasteiger partial charge < -0.3 is 20.3 Å². The molecule has 8 heteroatoms. The molecule has 1 saturated heterocycles. The Hall–Kier alpha value is -1.16. The number of nitrogens with one attached hydrogen (secondary N) is 2. The molecule has 2 heterocycles. The molecule has 0 bridgehead atoms. The van der Waals surface area contributed by atoms with E-state index in [2.05, 4.69) is 20.6 Å². The Kier molecular flexibility index (Phi) is 9.20. The molecule has 0 aromatic carbocycles. The van der Waals surface area contributed by atoms with E-state index in [1.807, 2.05) is 4.90 Å². The lowest BCUT2D eigenvalue weighted by Gasteiger charge is -2.30. The van der Waals surface area contributed by atoms with Gasteiger partial charge in [0.25, 0.3) is 0 Å². The van der Waals surface area contributed by atoms with E-state index >= 15 is 0 Å². The number of halogens is 2. The van der Waals surface area contributed by atoms with Crippen LogP contribution in [-0.4, -0.2) is 57.4 Å². The van der Waals surface area contributed by atoms with Gasteiger partial charge in [0.05, 0.1) is 0 Å². The Labute approximate surface area is 184 Å². The number of aliphatic imine (C=N–C) groups is 1. The molecule has 2 fully saturated rings. The monoisotopic (exact) mass is 505 g/mol. The molecule has 28 heavy (non-hydrogen) atoms. The largest absolute Gasteiger partial charge is 0.385 e. The normalized spacial score (nSPS) is 21.5. The quantitative estimate of drug-likeness (QED) is 0.339. The van der Waals surface area contributed by atoms with Gasteiger partial charge in [-0.2, -0.15) is 0 Å². The van der Waals surface area contributed by atoms with Crippen LogP contribution in [0.1, 0.15) is 38.5 Å². The van der Waals surface area contributed by atoms with Crippen molar-refractivity contribution < 1.29 is 9.13 Å². The second kappa shape index (κ2) is 11.1. The fourth-order valence-corrected chi connectivity index (χ4v) is 4.30. The Morgan fingerprint density at radius 2 is 2.21 bits per heavy atom. The van der Waals surface area contributed by atoms with Crippen LogP contribution in [0.5, 0.6) is 0 Å². The standard InChI is InChI=1S/C20H32FN5O.HI/c1-22-19(24-15-20(10-13-27-2)8-3-4-9-20)25-16-7-12-26(14-16)18-17(21)6-5-11-23-18;/h5-6,11,16H,3-4,7-10,12-15H2,1-2H3,(H2,22,24,25);1H. The van der Waals surface area contributed by atoms with Crippen LogP contribution in [0.25, 0.3) is 0 Å². The van der Waals surface area contributed by atoms with E-state index < -0.39 is 0 Å². The van der Waals surface area contributed by atoms with Crippen molar-refractivity contribution in [2.75, 3.05) is 45.3 Å². The van der Waals surface area contributed by atoms with Gasteiger partial charge in [-0.3, -0.25) is 4.99 Å². The zero-order valence-electron chi connectivity index (χ0n) is 16.9. The fraction of sp³-hybridized carbons (Fsp3) is 0.700. The molecule has 0 amide bonds. The van der Waals surface area contributed by atoms with Gasteiger partial charge in [-0.1, -0.05) is 12.8 Å². The van der Waals surface area contributed by atoms with Crippen LogP contribution in [0.4, 0.5) is 10.2 Å². The summed E-state index contributed by atoms with van der Waals surface area (Å²) in [5.41, 5.74) is 0.312. The van der Waals surface area contributed by atoms with Gasteiger partial charge >= 0.3 is 0 Å². The van der Waals surface area contributed by atoms with Gasteiger partial charge in [0.2, 0.25) is 0 Å². The smallest absolute Gasteiger partial charge is 0.191 e. The average molecular weight is 505 g/mol. The first kappa shape index (κ1) is 23.1. The van der Waals surface area contributed by atoms with Crippen molar-refractivity contribution in [3.8, 4) is 0 Å². The molecule has 158 valence electrons. The van der Waals surface area contributed by atoms with Gasteiger partial charge in [0.1, 0.15) is 0 Å². The summed E-state index contributed by atoms with van der Waals surface area (Å²) in [4.78, 5) is 10.6. The molecule has 1 saturated carbocycles. The van der Waals surface area contributed by atoms with Crippen molar-refractivity contribution in [3.05, 3.63) is 24.1 Å². The molecular weight excluding hydrogens is 472 g/mol. The van der Waals surface area contributed by atoms with Crippen molar-refractivity contribution >= 4 is 35.8 Å². The number of ether oxygens (including phenoxy) is 1. The van der Waals surface area contributed by atoms with Crippen molar-refractivity contribution in [1.82, 2.24) is 15.6 Å². The molecule has 1 aromatic heterocycles. The predicted octanol–water partition coefficient (Wildman–Crippen LogP) is 3.18. The van der Waals surface area contributed by atoms with Crippen LogP contribution in [0, 0.1) is 11.2 Å². The summed E-state index contributed by atoms with van der Waals surface area (Å²) in [7, 11) is 3.57. The van der Waals surface area contributed by atoms with Crippen LogP contribution in [0.2, 0.25) is 0 Å². The second-order valence-electron chi connectivity index (χ2n) is 7.76. The van der Waals surface area contributed by atoms with E-state index in [1.54, 1.807) is 26.4 Å². The van der Waals surface area contributed by atoms with E-state index in [4.69, 9.17) is 4.74 Å². The molecule has 0 spiro atoms. The number of aromatic nitrogens is 1. The van der Waals surface area contributed by atoms with E-state index in [0.717, 1.165) is 45.0 Å². The number of hydrogen-bond donors (Lipinski definition) is 2. The highest BCUT2D eigenvalue weighted by Gasteiger charge is 2.34. The maximum atomic E-state index is 14.0. The van der Waals surface area contributed by atoms with E-state index in [0.29, 0.717) is 11.2 Å². The Morgan fingerprint density at radius 3 is 2.89 bits per heavy atom. The molecule has 0 radical (unpaired) electrons. The molecule has 2 N–H and O–H groups in total. The number of methoxy groups -OCH3 is 1. The molecule has 1 aromatic rings. The fourth-order valence-electron chi connectivity index (χ4n) is 4.30. The molecule has 1 atom stereocenters. The van der Waals surface area contributed by atoms with Gasteiger partial charge in [-0.25, -0.2) is 9.37 Å². The highest BCUT2D eigenvalue weighted by molar-refractivity contribution is 14.0. The Morgan fingerprint density at radius 1 is 1.43 bits per heavy atom. The average Bonchev–Trinajstić information content (AvgIpc) is 3.34. The summed E-state index contributed by atoms with van der Waals surface area (Å²) in [5.74, 6) is 1.00. The summed E-state index contributed by atoms with van der Waals surface area (Å²) in [6.07, 6.45) is 8.75. The van der Waals surface area contributed by atoms with E-state index in [9.17, 15) is 4.39 Å². The summed E-state index contributed by atoms with van der Waals surface area (Å²) in [5, 5.41) is 7.03. The first-order valence-corrected chi connectivity index (χ1v) is 9.97. The summed E-state index contributed by atoms with van der Waals surface area (Å²) in [6.45, 7) is 3.24. The molecule has 2 aliphatic rings. The van der Waals surface area contributed by atoms with E-state index in [1.165, 1.54) is 31.7 Å². The third-order valence-corrected chi connectivity index (χ3v) is 5.92. The predicted molar refractivity (Wildman–Crippen MR) is 122 cm³/mol. The first-order valence-electron chi connectivity index (χ1n) is 9.97. The minimum Gasteiger partial charge on any atom is -0.385 e. The minimum absolute atomic E-state index is 0. The second-order valence-corrected chi connectivity index (χ2v) is 7.76. The molecular formula is C20H33FIN5O. The zero-order valence-corrected chi connectivity index (χ0v) is 19.2. The van der Waals surface area contributed by atoms with Gasteiger partial charge in [0, 0.05) is 52.6 Å². The molecule has 1 aliphatic carbocycles. The lowest BCUT2D eigenvalue weighted by atomic mass is 9.83. The topological polar surface area (TPSA) is 61.8 Å². The lowest BCUT2D eigenvalue weighted by molar-refractivity contribution is 0.138. The van der Waals surface area contributed by atoms with Crippen LogP contribution < -0.4 is 15.5 Å². The summed E-state index contributed by atoms with van der Waals surface area (Å²) < 4.78 is 19.3. The summed E-state index contributed by atoms with van der Waals surface area (Å²) >= 11 is 0. The first-order chi connectivity index (χ1) is 13.2. The molecule has 3 rings (SSSR count). The van der Waals surface area contributed by atoms with Crippen molar-refractivity contribution in [2.45, 2.75) is 44.6 Å². The SMILES string of the molecule is CN=C(NCC1(CCOC)CCCC1)NC1CCN(c2ncccc2F)C1.I. The van der Waals surface area contributed by atoms with Gasteiger partial charge in [-0.15, -0.1) is 24.0 Å². The number of guanidine groups is 1. The molecule has 1 unspecified atom stereocenters. The van der Waals surface area contributed by atoms with Crippen LogP contribution in [-0.2, 0) is 4.74 Å². The highest BCUT2D eigenvalue weighted by atomic mass is 127. The number of nitrogens with zero attached hydrogens (tertiary/aromatic N) is 3. The van der Waals surface area contributed by atoms with Crippen molar-refractivity contribution in [1.29, 1.82) is 0 Å². The molecule has 6 nitrogen and oxygen atoms in total. The number of hydrogen-bond acceptors (Lipinski definition) is 4. The van der Waals surface area contributed by atoms with Gasteiger partial charge in [0.15, 0.2) is 17.6 Å². The zero-order chi connectivity index (χ0) is 19.1. The maximum absolute atomic E-state index is 14.0. The van der Waals surface area contributed by atoms with Crippen molar-refractivity contribution in [3.63, 3.8) is 0 Å².